The van der Waals surface area contributed by atoms with Crippen molar-refractivity contribution in [2.24, 2.45) is 0 Å². The summed E-state index contributed by atoms with van der Waals surface area (Å²) in [5, 5.41) is 3.80. The Hall–Kier alpha value is -3.55. The summed E-state index contributed by atoms with van der Waals surface area (Å²) in [5.74, 6) is -0.391. The monoisotopic (exact) mass is 409 g/mol. The summed E-state index contributed by atoms with van der Waals surface area (Å²) in [4.78, 5) is 29.9. The zero-order chi connectivity index (χ0) is 21.1. The summed E-state index contributed by atoms with van der Waals surface area (Å²) in [6, 6.07) is 11.6. The molecule has 0 aliphatic carbocycles. The second-order valence-electron chi connectivity index (χ2n) is 7.17. The third-order valence-corrected chi connectivity index (χ3v) is 4.96. The molecule has 2 aromatic carbocycles. The number of hydrogen-bond acceptors (Lipinski definition) is 6. The highest BCUT2D eigenvalue weighted by atomic mass is 19.1. The maximum Gasteiger partial charge on any atom is 0.338 e. The minimum absolute atomic E-state index is 0.114. The van der Waals surface area contributed by atoms with E-state index in [0.717, 1.165) is 18.5 Å². The van der Waals surface area contributed by atoms with E-state index in [4.69, 9.17) is 9.26 Å². The largest absolute Gasteiger partial charge is 0.452 e. The van der Waals surface area contributed by atoms with Crippen LogP contribution in [0.25, 0.3) is 11.4 Å². The van der Waals surface area contributed by atoms with Gasteiger partial charge in [-0.05, 0) is 42.7 Å². The first-order valence-corrected chi connectivity index (χ1v) is 9.62. The van der Waals surface area contributed by atoms with Crippen LogP contribution >= 0.6 is 0 Å². The summed E-state index contributed by atoms with van der Waals surface area (Å²) < 4.78 is 24.0. The number of rotatable bonds is 6. The Kier molecular flexibility index (Phi) is 5.56. The number of carbonyl (C=O) groups is 2. The van der Waals surface area contributed by atoms with Crippen LogP contribution in [0.4, 0.5) is 4.39 Å². The van der Waals surface area contributed by atoms with Crippen LogP contribution in [0.3, 0.4) is 0 Å². The number of benzene rings is 2. The molecule has 0 radical (unpaired) electrons. The standard InChI is InChI=1S/C22H20FN3O4/c1-14-4-7-17(11-18(14)23)21-24-19(30-25-21)13-29-22(28)16-8-5-15(6-9-16)12-26-10-2-3-20(26)27/h4-9,11H,2-3,10,12-13H2,1H3. The molecule has 30 heavy (non-hydrogen) atoms. The molecule has 0 N–H and O–H groups in total. The molecule has 2 heterocycles. The summed E-state index contributed by atoms with van der Waals surface area (Å²) in [7, 11) is 0. The second-order valence-corrected chi connectivity index (χ2v) is 7.17. The minimum atomic E-state index is -0.528. The number of carbonyl (C=O) groups excluding carboxylic acids is 2. The van der Waals surface area contributed by atoms with E-state index in [9.17, 15) is 14.0 Å². The van der Waals surface area contributed by atoms with Gasteiger partial charge in [0.1, 0.15) is 5.82 Å². The average molecular weight is 409 g/mol. The van der Waals surface area contributed by atoms with Crippen LogP contribution in [0.5, 0.6) is 0 Å². The van der Waals surface area contributed by atoms with Crippen molar-refractivity contribution < 1.29 is 23.2 Å². The molecule has 154 valence electrons. The van der Waals surface area contributed by atoms with E-state index >= 15 is 0 Å². The fraction of sp³-hybridized carbons (Fsp3) is 0.273. The highest BCUT2D eigenvalue weighted by Crippen LogP contribution is 2.20. The molecule has 1 aliphatic rings. The molecule has 1 fully saturated rings. The number of nitrogens with zero attached hydrogens (tertiary/aromatic N) is 3. The van der Waals surface area contributed by atoms with Gasteiger partial charge in [-0.3, -0.25) is 4.79 Å². The molecule has 1 aliphatic heterocycles. The normalized spacial score (nSPS) is 13.7. The third kappa shape index (κ3) is 4.37. The highest BCUT2D eigenvalue weighted by molar-refractivity contribution is 5.89. The molecule has 1 aromatic heterocycles. The van der Waals surface area contributed by atoms with Crippen molar-refractivity contribution in [3.8, 4) is 11.4 Å². The van der Waals surface area contributed by atoms with Crippen LogP contribution < -0.4 is 0 Å². The van der Waals surface area contributed by atoms with Crippen LogP contribution in [0.15, 0.2) is 47.0 Å². The number of likely N-dealkylation sites (tertiary alicyclic amines) is 1. The summed E-state index contributed by atoms with van der Waals surface area (Å²) >= 11 is 0. The zero-order valence-electron chi connectivity index (χ0n) is 16.4. The van der Waals surface area contributed by atoms with Crippen molar-refractivity contribution >= 4 is 11.9 Å². The van der Waals surface area contributed by atoms with E-state index < -0.39 is 5.97 Å². The van der Waals surface area contributed by atoms with Gasteiger partial charge in [-0.25, -0.2) is 9.18 Å². The van der Waals surface area contributed by atoms with Crippen LogP contribution in [0, 0.1) is 12.7 Å². The number of aryl methyl sites for hydroxylation is 1. The van der Waals surface area contributed by atoms with Gasteiger partial charge in [0.05, 0.1) is 5.56 Å². The number of hydrogen-bond donors (Lipinski definition) is 0. The SMILES string of the molecule is Cc1ccc(-c2noc(COC(=O)c3ccc(CN4CCCC4=O)cc3)n2)cc1F. The zero-order valence-corrected chi connectivity index (χ0v) is 16.4. The lowest BCUT2D eigenvalue weighted by molar-refractivity contribution is -0.128. The van der Waals surface area contributed by atoms with Crippen molar-refractivity contribution in [1.82, 2.24) is 15.0 Å². The Morgan fingerprint density at radius 3 is 2.73 bits per heavy atom. The summed E-state index contributed by atoms with van der Waals surface area (Å²) in [5.41, 5.74) is 2.33. The fourth-order valence-electron chi connectivity index (χ4n) is 3.21. The van der Waals surface area contributed by atoms with Crippen LogP contribution in [-0.4, -0.2) is 33.5 Å². The molecule has 8 heteroatoms. The van der Waals surface area contributed by atoms with E-state index in [1.54, 1.807) is 48.2 Å². The van der Waals surface area contributed by atoms with Crippen molar-refractivity contribution in [3.05, 3.63) is 70.9 Å². The van der Waals surface area contributed by atoms with Crippen molar-refractivity contribution in [3.63, 3.8) is 0 Å². The quantitative estimate of drug-likeness (QED) is 0.578. The topological polar surface area (TPSA) is 85.5 Å². The number of aromatic nitrogens is 2. The number of esters is 1. The Bertz CT molecular complexity index is 1080. The van der Waals surface area contributed by atoms with E-state index in [-0.39, 0.29) is 30.0 Å². The van der Waals surface area contributed by atoms with E-state index in [2.05, 4.69) is 10.1 Å². The van der Waals surface area contributed by atoms with Crippen molar-refractivity contribution in [1.29, 1.82) is 0 Å². The first-order chi connectivity index (χ1) is 14.5. The van der Waals surface area contributed by atoms with Gasteiger partial charge >= 0.3 is 5.97 Å². The highest BCUT2D eigenvalue weighted by Gasteiger charge is 2.20. The predicted octanol–water partition coefficient (Wildman–Crippen LogP) is 3.66. The molecular weight excluding hydrogens is 389 g/mol. The maximum absolute atomic E-state index is 13.7. The molecule has 0 atom stereocenters. The van der Waals surface area contributed by atoms with Gasteiger partial charge < -0.3 is 14.2 Å². The van der Waals surface area contributed by atoms with Crippen molar-refractivity contribution in [2.45, 2.75) is 32.9 Å². The lowest BCUT2D eigenvalue weighted by Crippen LogP contribution is -2.23. The van der Waals surface area contributed by atoms with Gasteiger partial charge in [-0.15, -0.1) is 0 Å². The number of ether oxygens (including phenoxy) is 1. The first kappa shape index (κ1) is 19.8. The Morgan fingerprint density at radius 1 is 1.23 bits per heavy atom. The second kappa shape index (κ2) is 8.44. The van der Waals surface area contributed by atoms with Gasteiger partial charge in [0.15, 0.2) is 6.61 Å². The molecular formula is C22H20FN3O4. The minimum Gasteiger partial charge on any atom is -0.452 e. The molecule has 3 aromatic rings. The van der Waals surface area contributed by atoms with Crippen LogP contribution in [-0.2, 0) is 22.7 Å². The van der Waals surface area contributed by atoms with Gasteiger partial charge in [-0.2, -0.15) is 4.98 Å². The number of halogens is 1. The molecule has 0 unspecified atom stereocenters. The van der Waals surface area contributed by atoms with Gasteiger partial charge in [0, 0.05) is 25.1 Å². The fourth-order valence-corrected chi connectivity index (χ4v) is 3.21. The van der Waals surface area contributed by atoms with E-state index in [0.29, 0.717) is 29.7 Å². The summed E-state index contributed by atoms with van der Waals surface area (Å²) in [6.07, 6.45) is 1.49. The van der Waals surface area contributed by atoms with Gasteiger partial charge in [-0.1, -0.05) is 29.4 Å². The molecule has 0 spiro atoms. The average Bonchev–Trinajstić information content (AvgIpc) is 3.38. The third-order valence-electron chi connectivity index (χ3n) is 4.96. The Balaban J connectivity index is 1.34. The molecule has 1 amide bonds. The van der Waals surface area contributed by atoms with E-state index in [1.165, 1.54) is 6.07 Å². The number of amides is 1. The lowest BCUT2D eigenvalue weighted by atomic mass is 10.1. The smallest absolute Gasteiger partial charge is 0.338 e. The van der Waals surface area contributed by atoms with Gasteiger partial charge in [0.2, 0.25) is 11.7 Å². The Labute approximate surface area is 172 Å². The lowest BCUT2D eigenvalue weighted by Gasteiger charge is -2.15. The molecule has 4 rings (SSSR count). The predicted molar refractivity (Wildman–Crippen MR) is 105 cm³/mol. The van der Waals surface area contributed by atoms with Crippen molar-refractivity contribution in [2.75, 3.05) is 6.54 Å². The van der Waals surface area contributed by atoms with Crippen LogP contribution in [0.2, 0.25) is 0 Å². The van der Waals surface area contributed by atoms with Crippen LogP contribution in [0.1, 0.15) is 40.2 Å². The molecule has 0 bridgehead atoms. The molecule has 0 saturated carbocycles. The maximum atomic E-state index is 13.7. The van der Waals surface area contributed by atoms with Gasteiger partial charge in [0.25, 0.3) is 5.89 Å². The first-order valence-electron chi connectivity index (χ1n) is 9.62. The van der Waals surface area contributed by atoms with E-state index in [1.807, 2.05) is 0 Å². The molecule has 7 nitrogen and oxygen atoms in total. The Morgan fingerprint density at radius 2 is 2.03 bits per heavy atom. The molecule has 1 saturated heterocycles. The summed E-state index contributed by atoms with van der Waals surface area (Å²) in [6.45, 7) is 2.78.